The van der Waals surface area contributed by atoms with Crippen molar-refractivity contribution in [2.24, 2.45) is 5.10 Å². The van der Waals surface area contributed by atoms with E-state index in [0.29, 0.717) is 0 Å². The molecule has 0 spiro atoms. The number of nitrogens with zero attached hydrogens (tertiary/aromatic N) is 3. The quantitative estimate of drug-likeness (QED) is 0.676. The van der Waals surface area contributed by atoms with Crippen LogP contribution in [-0.2, 0) is 0 Å². The van der Waals surface area contributed by atoms with Gasteiger partial charge in [0.1, 0.15) is 0 Å². The number of fused-ring (bicyclic) bond motifs is 3. The number of benzene rings is 1. The number of hydrogen-bond donors (Lipinski definition) is 1. The normalized spacial score (nSPS) is 12.6. The van der Waals surface area contributed by atoms with Crippen LogP contribution in [0.15, 0.2) is 41.8 Å². The van der Waals surface area contributed by atoms with Crippen LogP contribution in [0.2, 0.25) is 0 Å². The van der Waals surface area contributed by atoms with Crippen LogP contribution in [0.3, 0.4) is 0 Å². The number of para-hydroxylation sites is 1. The second kappa shape index (κ2) is 2.70. The summed E-state index contributed by atoms with van der Waals surface area (Å²) in [6.07, 6.45) is 5.46. The van der Waals surface area contributed by atoms with Gasteiger partial charge in [0, 0.05) is 18.0 Å². The minimum Gasteiger partial charge on any atom is -0.284 e. The summed E-state index contributed by atoms with van der Waals surface area (Å²) in [5.74, 6) is 0.742. The molecule has 0 saturated carbocycles. The van der Waals surface area contributed by atoms with Gasteiger partial charge in [-0.15, -0.1) is 0 Å². The summed E-state index contributed by atoms with van der Waals surface area (Å²) < 4.78 is 1.97. The van der Waals surface area contributed by atoms with E-state index in [4.69, 9.17) is 0 Å². The first kappa shape index (κ1) is 7.32. The summed E-state index contributed by atoms with van der Waals surface area (Å²) in [6, 6.07) is 8.06. The molecule has 14 heavy (non-hydrogen) atoms. The number of hydrogen-bond acceptors (Lipinski definition) is 3. The molecular weight excluding hydrogens is 176 g/mol. The molecule has 1 aliphatic rings. The molecule has 0 bridgehead atoms. The molecule has 4 nitrogen and oxygen atoms in total. The Morgan fingerprint density at radius 2 is 2.14 bits per heavy atom. The third kappa shape index (κ3) is 0.939. The molecule has 2 heterocycles. The van der Waals surface area contributed by atoms with Crippen molar-refractivity contribution in [3.05, 3.63) is 42.2 Å². The van der Waals surface area contributed by atoms with E-state index < -0.39 is 0 Å². The van der Waals surface area contributed by atoms with Crippen molar-refractivity contribution < 1.29 is 0 Å². The summed E-state index contributed by atoms with van der Waals surface area (Å²) in [4.78, 5) is 4.15. The number of aromatic nitrogens is 2. The van der Waals surface area contributed by atoms with Gasteiger partial charge in [0.2, 0.25) is 5.95 Å². The lowest BCUT2D eigenvalue weighted by Crippen LogP contribution is -1.98. The van der Waals surface area contributed by atoms with Crippen molar-refractivity contribution in [1.29, 1.82) is 0 Å². The first-order valence-corrected chi connectivity index (χ1v) is 4.37. The van der Waals surface area contributed by atoms with Crippen molar-refractivity contribution in [1.82, 2.24) is 9.55 Å². The highest BCUT2D eigenvalue weighted by atomic mass is 15.4. The summed E-state index contributed by atoms with van der Waals surface area (Å²) >= 11 is 0. The van der Waals surface area contributed by atoms with Gasteiger partial charge in [-0.05, 0) is 6.07 Å². The molecule has 3 rings (SSSR count). The van der Waals surface area contributed by atoms with E-state index in [9.17, 15) is 0 Å². The van der Waals surface area contributed by atoms with Crippen LogP contribution >= 0.6 is 0 Å². The molecule has 1 N–H and O–H groups in total. The lowest BCUT2D eigenvalue weighted by atomic mass is 10.2. The van der Waals surface area contributed by atoms with Gasteiger partial charge in [0.15, 0.2) is 0 Å². The molecule has 0 unspecified atom stereocenters. The summed E-state index contributed by atoms with van der Waals surface area (Å²) in [5, 5.41) is 4.07. The SMILES string of the molecule is C1=NNc2nccn2-c2ccccc21. The molecule has 4 heteroatoms. The highest BCUT2D eigenvalue weighted by Crippen LogP contribution is 2.19. The Morgan fingerprint density at radius 1 is 1.21 bits per heavy atom. The Balaban J connectivity index is 2.34. The Bertz CT molecular complexity index is 498. The fraction of sp³-hybridized carbons (Fsp3) is 0. The summed E-state index contributed by atoms with van der Waals surface area (Å²) in [5.41, 5.74) is 5.05. The van der Waals surface area contributed by atoms with E-state index in [1.165, 1.54) is 0 Å². The Morgan fingerprint density at radius 3 is 3.14 bits per heavy atom. The molecule has 1 aliphatic heterocycles. The molecule has 1 aromatic heterocycles. The van der Waals surface area contributed by atoms with Crippen molar-refractivity contribution in [2.45, 2.75) is 0 Å². The minimum absolute atomic E-state index is 0.742. The van der Waals surface area contributed by atoms with Gasteiger partial charge in [-0.1, -0.05) is 18.2 Å². The highest BCUT2D eigenvalue weighted by Gasteiger charge is 2.09. The van der Waals surface area contributed by atoms with Gasteiger partial charge in [-0.3, -0.25) is 4.57 Å². The highest BCUT2D eigenvalue weighted by molar-refractivity contribution is 5.86. The van der Waals surface area contributed by atoms with E-state index >= 15 is 0 Å². The van der Waals surface area contributed by atoms with Gasteiger partial charge in [0.25, 0.3) is 0 Å². The number of rotatable bonds is 0. The van der Waals surface area contributed by atoms with Gasteiger partial charge in [0.05, 0.1) is 11.9 Å². The molecular formula is C10H8N4. The fourth-order valence-corrected chi connectivity index (χ4v) is 1.56. The maximum atomic E-state index is 4.15. The van der Waals surface area contributed by atoms with Crippen molar-refractivity contribution in [3.63, 3.8) is 0 Å². The fourth-order valence-electron chi connectivity index (χ4n) is 1.56. The average Bonchev–Trinajstić information content (AvgIpc) is 2.61. The van der Waals surface area contributed by atoms with E-state index in [1.807, 2.05) is 35.0 Å². The maximum Gasteiger partial charge on any atom is 0.228 e. The van der Waals surface area contributed by atoms with Gasteiger partial charge >= 0.3 is 0 Å². The van der Waals surface area contributed by atoms with Crippen LogP contribution < -0.4 is 5.43 Å². The van der Waals surface area contributed by atoms with Crippen LogP contribution in [-0.4, -0.2) is 15.8 Å². The zero-order valence-corrected chi connectivity index (χ0v) is 7.38. The maximum absolute atomic E-state index is 4.15. The molecule has 0 fully saturated rings. The van der Waals surface area contributed by atoms with Gasteiger partial charge in [-0.2, -0.15) is 5.10 Å². The van der Waals surface area contributed by atoms with Crippen LogP contribution in [0, 0.1) is 0 Å². The smallest absolute Gasteiger partial charge is 0.228 e. The second-order valence-corrected chi connectivity index (χ2v) is 3.05. The van der Waals surface area contributed by atoms with Gasteiger partial charge in [-0.25, -0.2) is 10.4 Å². The lowest BCUT2D eigenvalue weighted by Gasteiger charge is -2.05. The lowest BCUT2D eigenvalue weighted by molar-refractivity contribution is 1.05. The molecule has 0 amide bonds. The molecule has 0 radical (unpaired) electrons. The van der Waals surface area contributed by atoms with Crippen LogP contribution in [0.1, 0.15) is 5.56 Å². The first-order valence-electron chi connectivity index (χ1n) is 4.37. The summed E-state index contributed by atoms with van der Waals surface area (Å²) in [6.45, 7) is 0. The Kier molecular flexibility index (Phi) is 1.41. The number of hydrazone groups is 1. The van der Waals surface area contributed by atoms with Crippen LogP contribution in [0.25, 0.3) is 5.69 Å². The second-order valence-electron chi connectivity index (χ2n) is 3.05. The van der Waals surface area contributed by atoms with E-state index in [-0.39, 0.29) is 0 Å². The van der Waals surface area contributed by atoms with Crippen LogP contribution in [0.5, 0.6) is 0 Å². The number of nitrogens with one attached hydrogen (secondary N) is 1. The molecule has 1 aromatic carbocycles. The van der Waals surface area contributed by atoms with Gasteiger partial charge < -0.3 is 0 Å². The van der Waals surface area contributed by atoms with E-state index in [0.717, 1.165) is 17.2 Å². The number of imidazole rings is 1. The third-order valence-electron chi connectivity index (χ3n) is 2.21. The van der Waals surface area contributed by atoms with E-state index in [1.54, 1.807) is 12.4 Å². The molecule has 0 atom stereocenters. The molecule has 0 aliphatic carbocycles. The standard InChI is InChI=1S/C10H8N4/c1-2-4-9-8(3-1)7-12-13-10-11-5-6-14(9)10/h1-7H,(H,11,13). The van der Waals surface area contributed by atoms with E-state index in [2.05, 4.69) is 15.5 Å². The molecule has 68 valence electrons. The first-order chi connectivity index (χ1) is 6.95. The average molecular weight is 184 g/mol. The molecule has 0 saturated heterocycles. The predicted molar refractivity (Wildman–Crippen MR) is 54.8 cm³/mol. The molecule has 2 aromatic rings. The van der Waals surface area contributed by atoms with Crippen molar-refractivity contribution >= 4 is 12.2 Å². The zero-order valence-electron chi connectivity index (χ0n) is 7.38. The largest absolute Gasteiger partial charge is 0.284 e. The minimum atomic E-state index is 0.742. The van der Waals surface area contributed by atoms with Crippen molar-refractivity contribution in [3.8, 4) is 5.69 Å². The van der Waals surface area contributed by atoms with Crippen molar-refractivity contribution in [2.75, 3.05) is 5.43 Å². The Labute approximate surface area is 80.9 Å². The predicted octanol–water partition coefficient (Wildman–Crippen LogP) is 1.63. The van der Waals surface area contributed by atoms with Crippen LogP contribution in [0.4, 0.5) is 5.95 Å². The Hall–Kier alpha value is -2.10. The third-order valence-corrected chi connectivity index (χ3v) is 2.21. The summed E-state index contributed by atoms with van der Waals surface area (Å²) in [7, 11) is 0. The number of anilines is 1. The topological polar surface area (TPSA) is 42.2 Å². The zero-order chi connectivity index (χ0) is 9.38. The monoisotopic (exact) mass is 184 g/mol.